The number of hydrogen-bond donors (Lipinski definition) is 7. The van der Waals surface area contributed by atoms with Gasteiger partial charge in [0.05, 0.1) is 18.6 Å². The molecule has 0 aliphatic heterocycles. The summed E-state index contributed by atoms with van der Waals surface area (Å²) in [7, 11) is 0. The standard InChI is InChI=1S/C18H33N5O7S/c1-8(2)13(17(28)23-14(9(3)24)18(29)30)22-16(27)11(5-6-31-4)21-15(26)10(19)7-12(20)25/h8-11,13-14,24H,5-7,19H2,1-4H3,(H2,20,25)(H,21,26)(H,22,27)(H,23,28)(H,29,30). The number of primary amides is 1. The number of carbonyl (C=O) groups is 5. The fourth-order valence-corrected chi connectivity index (χ4v) is 2.98. The number of thioether (sulfide) groups is 1. The normalized spacial score (nSPS) is 15.8. The number of aliphatic hydroxyl groups excluding tert-OH is 1. The van der Waals surface area contributed by atoms with Gasteiger partial charge in [-0.1, -0.05) is 13.8 Å². The van der Waals surface area contributed by atoms with Gasteiger partial charge in [-0.2, -0.15) is 11.8 Å². The van der Waals surface area contributed by atoms with Crippen molar-refractivity contribution < 1.29 is 34.2 Å². The van der Waals surface area contributed by atoms with Crippen LogP contribution in [-0.2, 0) is 24.0 Å². The number of aliphatic hydroxyl groups is 1. The Morgan fingerprint density at radius 3 is 1.90 bits per heavy atom. The van der Waals surface area contributed by atoms with E-state index in [1.54, 1.807) is 13.8 Å². The van der Waals surface area contributed by atoms with Gasteiger partial charge < -0.3 is 37.6 Å². The Kier molecular flexibility index (Phi) is 12.8. The van der Waals surface area contributed by atoms with Crippen LogP contribution in [0.4, 0.5) is 0 Å². The molecule has 13 heteroatoms. The van der Waals surface area contributed by atoms with Gasteiger partial charge in [-0.25, -0.2) is 4.79 Å². The Balaban J connectivity index is 5.38. The first-order chi connectivity index (χ1) is 14.3. The molecule has 0 aromatic carbocycles. The zero-order valence-electron chi connectivity index (χ0n) is 18.1. The summed E-state index contributed by atoms with van der Waals surface area (Å²) in [5.74, 6) is -4.33. The van der Waals surface area contributed by atoms with Crippen LogP contribution in [0.2, 0.25) is 0 Å². The van der Waals surface area contributed by atoms with Gasteiger partial charge in [0.2, 0.25) is 23.6 Å². The molecule has 0 bridgehead atoms. The number of aliphatic carboxylic acids is 1. The molecule has 0 aromatic rings. The van der Waals surface area contributed by atoms with Crippen LogP contribution in [0.25, 0.3) is 0 Å². The maximum atomic E-state index is 12.8. The van der Waals surface area contributed by atoms with E-state index in [4.69, 9.17) is 16.6 Å². The quantitative estimate of drug-likeness (QED) is 0.145. The lowest BCUT2D eigenvalue weighted by Gasteiger charge is -2.27. The second-order valence-corrected chi connectivity index (χ2v) is 8.40. The van der Waals surface area contributed by atoms with Crippen molar-refractivity contribution in [2.24, 2.45) is 17.4 Å². The number of rotatable bonds is 14. The lowest BCUT2D eigenvalue weighted by atomic mass is 10.0. The molecule has 0 aliphatic carbocycles. The molecule has 0 saturated heterocycles. The van der Waals surface area contributed by atoms with Crippen LogP contribution in [0, 0.1) is 5.92 Å². The first-order valence-corrected chi connectivity index (χ1v) is 11.1. The second-order valence-electron chi connectivity index (χ2n) is 7.41. The smallest absolute Gasteiger partial charge is 0.328 e. The molecular formula is C18H33N5O7S. The van der Waals surface area contributed by atoms with Gasteiger partial charge in [0.15, 0.2) is 6.04 Å². The monoisotopic (exact) mass is 463 g/mol. The van der Waals surface area contributed by atoms with E-state index < -0.39 is 72.2 Å². The number of nitrogens with two attached hydrogens (primary N) is 2. The van der Waals surface area contributed by atoms with E-state index in [0.717, 1.165) is 0 Å². The summed E-state index contributed by atoms with van der Waals surface area (Å²) < 4.78 is 0. The number of carboxylic acids is 1. The molecule has 0 rings (SSSR count). The molecule has 12 nitrogen and oxygen atoms in total. The van der Waals surface area contributed by atoms with Crippen LogP contribution in [0.15, 0.2) is 0 Å². The van der Waals surface area contributed by atoms with E-state index in [-0.39, 0.29) is 6.42 Å². The van der Waals surface area contributed by atoms with E-state index in [9.17, 15) is 29.1 Å². The summed E-state index contributed by atoms with van der Waals surface area (Å²) in [6.45, 7) is 4.49. The van der Waals surface area contributed by atoms with Crippen molar-refractivity contribution in [3.05, 3.63) is 0 Å². The molecule has 0 spiro atoms. The highest BCUT2D eigenvalue weighted by Gasteiger charge is 2.33. The van der Waals surface area contributed by atoms with E-state index in [2.05, 4.69) is 16.0 Å². The predicted octanol–water partition coefficient (Wildman–Crippen LogP) is -2.48. The number of amides is 4. The summed E-state index contributed by atoms with van der Waals surface area (Å²) in [4.78, 5) is 59.7. The third-order valence-electron chi connectivity index (χ3n) is 4.29. The van der Waals surface area contributed by atoms with Crippen molar-refractivity contribution in [3.63, 3.8) is 0 Å². The van der Waals surface area contributed by atoms with Crippen molar-refractivity contribution in [1.29, 1.82) is 0 Å². The molecule has 9 N–H and O–H groups in total. The Bertz CT molecular complexity index is 659. The zero-order chi connectivity index (χ0) is 24.3. The minimum absolute atomic E-state index is 0.222. The fraction of sp³-hybridized carbons (Fsp3) is 0.722. The molecule has 31 heavy (non-hydrogen) atoms. The summed E-state index contributed by atoms with van der Waals surface area (Å²) in [5.41, 5.74) is 10.6. The lowest BCUT2D eigenvalue weighted by molar-refractivity contribution is -0.145. The summed E-state index contributed by atoms with van der Waals surface area (Å²) >= 11 is 1.43. The van der Waals surface area contributed by atoms with Gasteiger partial charge in [0, 0.05) is 0 Å². The molecule has 4 amide bonds. The summed E-state index contributed by atoms with van der Waals surface area (Å²) in [5, 5.41) is 25.9. The Morgan fingerprint density at radius 1 is 0.935 bits per heavy atom. The average molecular weight is 464 g/mol. The number of carbonyl (C=O) groups excluding carboxylic acids is 4. The third kappa shape index (κ3) is 10.5. The molecular weight excluding hydrogens is 430 g/mol. The lowest BCUT2D eigenvalue weighted by Crippen LogP contribution is -2.59. The molecule has 0 aliphatic rings. The zero-order valence-corrected chi connectivity index (χ0v) is 18.9. The van der Waals surface area contributed by atoms with Crippen LogP contribution in [0.5, 0.6) is 0 Å². The first kappa shape index (κ1) is 28.6. The van der Waals surface area contributed by atoms with E-state index in [1.807, 2.05) is 6.26 Å². The number of hydrogen-bond acceptors (Lipinski definition) is 8. The maximum absolute atomic E-state index is 12.8. The van der Waals surface area contributed by atoms with Crippen LogP contribution in [-0.4, -0.2) is 82.1 Å². The van der Waals surface area contributed by atoms with E-state index >= 15 is 0 Å². The highest BCUT2D eigenvalue weighted by Crippen LogP contribution is 2.07. The van der Waals surface area contributed by atoms with Crippen LogP contribution in [0.3, 0.4) is 0 Å². The van der Waals surface area contributed by atoms with Gasteiger partial charge in [-0.3, -0.25) is 19.2 Å². The van der Waals surface area contributed by atoms with Gasteiger partial charge in [0.1, 0.15) is 12.1 Å². The van der Waals surface area contributed by atoms with Crippen molar-refractivity contribution in [2.75, 3.05) is 12.0 Å². The predicted molar refractivity (Wildman–Crippen MR) is 115 cm³/mol. The van der Waals surface area contributed by atoms with Gasteiger partial charge in [-0.15, -0.1) is 0 Å². The van der Waals surface area contributed by atoms with Crippen molar-refractivity contribution in [3.8, 4) is 0 Å². The third-order valence-corrected chi connectivity index (χ3v) is 4.94. The topological polar surface area (TPSA) is 214 Å². The van der Waals surface area contributed by atoms with E-state index in [1.165, 1.54) is 18.7 Å². The molecule has 0 aromatic heterocycles. The Labute approximate surface area is 185 Å². The highest BCUT2D eigenvalue weighted by atomic mass is 32.2. The number of nitrogens with one attached hydrogen (secondary N) is 3. The van der Waals surface area contributed by atoms with Gasteiger partial charge in [0.25, 0.3) is 0 Å². The highest BCUT2D eigenvalue weighted by molar-refractivity contribution is 7.98. The fourth-order valence-electron chi connectivity index (χ4n) is 2.51. The first-order valence-electron chi connectivity index (χ1n) is 9.66. The Hall–Kier alpha value is -2.38. The van der Waals surface area contributed by atoms with Crippen LogP contribution >= 0.6 is 11.8 Å². The molecule has 0 saturated carbocycles. The average Bonchev–Trinajstić information content (AvgIpc) is 2.65. The maximum Gasteiger partial charge on any atom is 0.328 e. The molecule has 0 radical (unpaired) electrons. The minimum Gasteiger partial charge on any atom is -0.480 e. The molecule has 0 heterocycles. The summed E-state index contributed by atoms with van der Waals surface area (Å²) in [6.07, 6.45) is 0.280. The largest absolute Gasteiger partial charge is 0.480 e. The molecule has 5 atom stereocenters. The molecule has 0 fully saturated rings. The van der Waals surface area contributed by atoms with E-state index in [0.29, 0.717) is 5.75 Å². The van der Waals surface area contributed by atoms with Crippen LogP contribution < -0.4 is 27.4 Å². The van der Waals surface area contributed by atoms with Gasteiger partial charge in [-0.05, 0) is 31.3 Å². The molecule has 178 valence electrons. The minimum atomic E-state index is -1.55. The van der Waals surface area contributed by atoms with Crippen molar-refractivity contribution in [1.82, 2.24) is 16.0 Å². The Morgan fingerprint density at radius 2 is 1.48 bits per heavy atom. The molecule has 5 unspecified atom stereocenters. The second kappa shape index (κ2) is 13.8. The van der Waals surface area contributed by atoms with Gasteiger partial charge >= 0.3 is 5.97 Å². The SMILES string of the molecule is CSCCC(NC(=O)C(N)CC(N)=O)C(=O)NC(C(=O)NC(C(=O)O)C(C)O)C(C)C. The van der Waals surface area contributed by atoms with Crippen molar-refractivity contribution >= 4 is 41.4 Å². The summed E-state index contributed by atoms with van der Waals surface area (Å²) in [6, 6.07) is -4.95. The van der Waals surface area contributed by atoms with Crippen molar-refractivity contribution in [2.45, 2.75) is 63.9 Å². The van der Waals surface area contributed by atoms with Crippen LogP contribution in [0.1, 0.15) is 33.6 Å². The number of carboxylic acid groups (broad SMARTS) is 1.